The number of rotatable bonds is 8. The second kappa shape index (κ2) is 7.82. The van der Waals surface area contributed by atoms with Crippen molar-refractivity contribution in [2.24, 2.45) is 0 Å². The van der Waals surface area contributed by atoms with Crippen molar-refractivity contribution < 1.29 is 23.1 Å². The van der Waals surface area contributed by atoms with Crippen LogP contribution in [-0.2, 0) is 23.1 Å². The van der Waals surface area contributed by atoms with E-state index >= 15 is 0 Å². The average molecular weight is 252 g/mol. The van der Waals surface area contributed by atoms with Crippen molar-refractivity contribution in [2.75, 3.05) is 19.4 Å². The van der Waals surface area contributed by atoms with Gasteiger partial charge in [0.1, 0.15) is 6.10 Å². The molecule has 0 bridgehead atoms. The molecule has 0 rings (SSSR count). The highest BCUT2D eigenvalue weighted by Gasteiger charge is 2.29. The Balaban J connectivity index is 4.45. The molecule has 0 aromatic heterocycles. The first-order chi connectivity index (χ1) is 7.47. The molecule has 1 atom stereocenters. The molecule has 0 fully saturated rings. The van der Waals surface area contributed by atoms with Gasteiger partial charge in [0.05, 0.1) is 19.4 Å². The van der Waals surface area contributed by atoms with Gasteiger partial charge in [-0.25, -0.2) is 0 Å². The van der Waals surface area contributed by atoms with Crippen molar-refractivity contribution in [3.8, 4) is 0 Å². The van der Waals surface area contributed by atoms with Crippen molar-refractivity contribution in [1.29, 1.82) is 0 Å². The van der Waals surface area contributed by atoms with E-state index in [4.69, 9.17) is 13.8 Å². The average Bonchev–Trinajstić information content (AvgIpc) is 2.16. The Kier molecular flexibility index (Phi) is 7.64. The lowest BCUT2D eigenvalue weighted by Gasteiger charge is -2.22. The maximum absolute atomic E-state index is 12.1. The van der Waals surface area contributed by atoms with Gasteiger partial charge in [0.25, 0.3) is 0 Å². The third-order valence-electron chi connectivity index (χ3n) is 1.87. The number of esters is 1. The third kappa shape index (κ3) is 6.26. The molecule has 0 aliphatic carbocycles. The Morgan fingerprint density at radius 1 is 1.19 bits per heavy atom. The monoisotopic (exact) mass is 252 g/mol. The fourth-order valence-electron chi connectivity index (χ4n) is 1.27. The minimum atomic E-state index is -3.13. The predicted octanol–water partition coefficient (Wildman–Crippen LogP) is 2.59. The van der Waals surface area contributed by atoms with Gasteiger partial charge in [-0.15, -0.1) is 0 Å². The van der Waals surface area contributed by atoms with Gasteiger partial charge in [-0.1, -0.05) is 6.92 Å². The number of carbonyl (C=O) groups excluding carboxylic acids is 1. The molecule has 0 amide bonds. The van der Waals surface area contributed by atoms with Crippen LogP contribution < -0.4 is 0 Å². The van der Waals surface area contributed by atoms with Crippen molar-refractivity contribution in [3.63, 3.8) is 0 Å². The van der Waals surface area contributed by atoms with E-state index in [2.05, 4.69) is 0 Å². The molecule has 0 saturated heterocycles. The molecule has 16 heavy (non-hydrogen) atoms. The maximum Gasteiger partial charge on any atom is 0.334 e. The Bertz CT molecular complexity index is 244. The minimum absolute atomic E-state index is 0.116. The lowest BCUT2D eigenvalue weighted by molar-refractivity contribution is -0.145. The summed E-state index contributed by atoms with van der Waals surface area (Å²) >= 11 is 0. The second-order valence-electron chi connectivity index (χ2n) is 3.27. The van der Waals surface area contributed by atoms with E-state index in [1.54, 1.807) is 13.8 Å². The molecule has 0 aliphatic rings. The molecule has 0 unspecified atom stereocenters. The van der Waals surface area contributed by atoms with Crippen molar-refractivity contribution in [3.05, 3.63) is 0 Å². The summed E-state index contributed by atoms with van der Waals surface area (Å²) in [6, 6.07) is 0. The zero-order valence-electron chi connectivity index (χ0n) is 10.4. The largest absolute Gasteiger partial charge is 0.462 e. The van der Waals surface area contributed by atoms with Gasteiger partial charge in [-0.2, -0.15) is 0 Å². The van der Waals surface area contributed by atoms with Crippen LogP contribution >= 0.6 is 7.60 Å². The first-order valence-corrected chi connectivity index (χ1v) is 7.25. The molecule has 0 spiro atoms. The molecule has 5 nitrogen and oxygen atoms in total. The number of hydrogen-bond acceptors (Lipinski definition) is 5. The molecular weight excluding hydrogens is 231 g/mol. The van der Waals surface area contributed by atoms with E-state index in [1.807, 2.05) is 6.92 Å². The van der Waals surface area contributed by atoms with E-state index in [0.29, 0.717) is 19.6 Å². The summed E-state index contributed by atoms with van der Waals surface area (Å²) < 4.78 is 27.4. The molecule has 96 valence electrons. The summed E-state index contributed by atoms with van der Waals surface area (Å²) in [6.07, 6.45) is 0.288. The highest BCUT2D eigenvalue weighted by atomic mass is 31.2. The Morgan fingerprint density at radius 3 is 2.00 bits per heavy atom. The van der Waals surface area contributed by atoms with E-state index in [0.717, 1.165) is 0 Å². The highest BCUT2D eigenvalue weighted by molar-refractivity contribution is 7.53. The van der Waals surface area contributed by atoms with Crippen LogP contribution in [0.3, 0.4) is 0 Å². The summed E-state index contributed by atoms with van der Waals surface area (Å²) in [7, 11) is -3.13. The minimum Gasteiger partial charge on any atom is -0.462 e. The standard InChI is InChI=1S/C10H21O5P/c1-5-10(15-9(4)11)8-16(12,13-6-2)14-7-3/h10H,5-8H2,1-4H3/t10-/m0/s1. The van der Waals surface area contributed by atoms with Gasteiger partial charge in [-0.05, 0) is 20.3 Å². The van der Waals surface area contributed by atoms with Crippen molar-refractivity contribution in [1.82, 2.24) is 0 Å². The molecule has 0 N–H and O–H groups in total. The third-order valence-corrected chi connectivity index (χ3v) is 4.02. The van der Waals surface area contributed by atoms with Crippen molar-refractivity contribution in [2.45, 2.75) is 40.2 Å². The fourth-order valence-corrected chi connectivity index (χ4v) is 3.17. The Hall–Kier alpha value is -0.380. The van der Waals surface area contributed by atoms with Crippen LogP contribution in [-0.4, -0.2) is 31.4 Å². The Labute approximate surface area is 97.0 Å². The molecule has 0 saturated carbocycles. The summed E-state index contributed by atoms with van der Waals surface area (Å²) in [4.78, 5) is 10.8. The molecule has 0 aliphatic heterocycles. The van der Waals surface area contributed by atoms with Crippen LogP contribution in [0.15, 0.2) is 0 Å². The van der Waals surface area contributed by atoms with Crippen LogP contribution in [0.1, 0.15) is 34.1 Å². The number of carbonyl (C=O) groups is 1. The zero-order valence-corrected chi connectivity index (χ0v) is 11.3. The predicted molar refractivity (Wildman–Crippen MR) is 61.6 cm³/mol. The first-order valence-electron chi connectivity index (χ1n) is 5.52. The van der Waals surface area contributed by atoms with Crippen LogP contribution in [0.25, 0.3) is 0 Å². The SMILES string of the molecule is CCOP(=O)(C[C@H](CC)OC(C)=O)OCC. The second-order valence-corrected chi connectivity index (χ2v) is 5.37. The quantitative estimate of drug-likeness (QED) is 0.491. The van der Waals surface area contributed by atoms with Gasteiger partial charge in [-0.3, -0.25) is 9.36 Å². The summed E-state index contributed by atoms with van der Waals surface area (Å²) in [6.45, 7) is 7.31. The zero-order chi connectivity index (χ0) is 12.6. The van der Waals surface area contributed by atoms with Gasteiger partial charge >= 0.3 is 13.6 Å². The van der Waals surface area contributed by atoms with Crippen LogP contribution in [0.4, 0.5) is 0 Å². The van der Waals surface area contributed by atoms with E-state index in [9.17, 15) is 9.36 Å². The molecular formula is C10H21O5P. The molecule has 0 radical (unpaired) electrons. The van der Waals surface area contributed by atoms with Crippen LogP contribution in [0, 0.1) is 0 Å². The molecule has 0 heterocycles. The molecule has 0 aromatic rings. The number of ether oxygens (including phenoxy) is 1. The molecule has 6 heteroatoms. The van der Waals surface area contributed by atoms with Crippen LogP contribution in [0.2, 0.25) is 0 Å². The van der Waals surface area contributed by atoms with E-state index < -0.39 is 13.7 Å². The van der Waals surface area contributed by atoms with Gasteiger partial charge in [0, 0.05) is 6.92 Å². The number of hydrogen-bond donors (Lipinski definition) is 0. The van der Waals surface area contributed by atoms with Crippen LogP contribution in [0.5, 0.6) is 0 Å². The first kappa shape index (κ1) is 15.6. The smallest absolute Gasteiger partial charge is 0.334 e. The lowest BCUT2D eigenvalue weighted by Crippen LogP contribution is -2.21. The summed E-state index contributed by atoms with van der Waals surface area (Å²) in [5, 5.41) is 0. The van der Waals surface area contributed by atoms with Gasteiger partial charge in [0.15, 0.2) is 0 Å². The summed E-state index contributed by atoms with van der Waals surface area (Å²) in [5.41, 5.74) is 0. The molecule has 0 aromatic carbocycles. The fraction of sp³-hybridized carbons (Fsp3) is 0.900. The van der Waals surface area contributed by atoms with Gasteiger partial charge in [0.2, 0.25) is 0 Å². The maximum atomic E-state index is 12.1. The lowest BCUT2D eigenvalue weighted by atomic mass is 10.3. The highest BCUT2D eigenvalue weighted by Crippen LogP contribution is 2.49. The topological polar surface area (TPSA) is 61.8 Å². The van der Waals surface area contributed by atoms with Crippen molar-refractivity contribution >= 4 is 13.6 Å². The summed E-state index contributed by atoms with van der Waals surface area (Å²) in [5.74, 6) is -0.383. The van der Waals surface area contributed by atoms with E-state index in [1.165, 1.54) is 6.92 Å². The van der Waals surface area contributed by atoms with E-state index in [-0.39, 0.29) is 12.1 Å². The normalized spacial score (nSPS) is 13.5. The Morgan fingerprint density at radius 2 is 1.69 bits per heavy atom. The van der Waals surface area contributed by atoms with Gasteiger partial charge < -0.3 is 13.8 Å².